The molecule has 3 aromatic rings. The fraction of sp³-hybridized carbons (Fsp3) is 0.300. The van der Waals surface area contributed by atoms with Gasteiger partial charge in [0.1, 0.15) is 4.83 Å². The van der Waals surface area contributed by atoms with Crippen molar-refractivity contribution in [2.75, 3.05) is 5.32 Å². The second-order valence-corrected chi connectivity index (χ2v) is 8.60. The first-order chi connectivity index (χ1) is 13.1. The van der Waals surface area contributed by atoms with E-state index in [4.69, 9.17) is 0 Å². The Bertz CT molecular complexity index is 1140. The predicted molar refractivity (Wildman–Crippen MR) is 111 cm³/mol. The molecule has 0 fully saturated rings. The summed E-state index contributed by atoms with van der Waals surface area (Å²) in [6.07, 6.45) is 1.44. The molecule has 0 unspecified atom stereocenters. The topological polar surface area (TPSA) is 93.1 Å². The van der Waals surface area contributed by atoms with Crippen molar-refractivity contribution in [3.05, 3.63) is 57.0 Å². The van der Waals surface area contributed by atoms with Gasteiger partial charge in [-0.2, -0.15) is 0 Å². The molecule has 0 aliphatic heterocycles. The Hall–Kier alpha value is -3.00. The minimum absolute atomic E-state index is 0.192. The number of para-hydroxylation sites is 1. The lowest BCUT2D eigenvalue weighted by Crippen LogP contribution is -2.40. The third-order valence-electron chi connectivity index (χ3n) is 4.13. The minimum Gasteiger partial charge on any atom is -0.347 e. The zero-order valence-corrected chi connectivity index (χ0v) is 17.2. The van der Waals surface area contributed by atoms with Crippen LogP contribution in [0.25, 0.3) is 10.2 Å². The lowest BCUT2D eigenvalue weighted by atomic mass is 10.1. The van der Waals surface area contributed by atoms with E-state index in [1.165, 1.54) is 10.9 Å². The third-order valence-corrected chi connectivity index (χ3v) is 5.32. The number of aromatic nitrogens is 2. The van der Waals surface area contributed by atoms with Crippen LogP contribution in [0.1, 0.15) is 46.4 Å². The van der Waals surface area contributed by atoms with E-state index in [1.807, 2.05) is 20.8 Å². The Morgan fingerprint density at radius 2 is 1.82 bits per heavy atom. The van der Waals surface area contributed by atoms with Gasteiger partial charge in [-0.1, -0.05) is 12.1 Å². The number of anilines is 1. The van der Waals surface area contributed by atoms with Crippen molar-refractivity contribution < 1.29 is 9.59 Å². The lowest BCUT2D eigenvalue weighted by molar-refractivity contribution is 0.0920. The molecule has 146 valence electrons. The molecule has 2 heterocycles. The molecule has 0 bridgehead atoms. The number of fused-ring (bicyclic) bond motifs is 1. The van der Waals surface area contributed by atoms with Crippen molar-refractivity contribution in [3.8, 4) is 0 Å². The van der Waals surface area contributed by atoms with Gasteiger partial charge in [0.15, 0.2) is 0 Å². The summed E-state index contributed by atoms with van der Waals surface area (Å²) in [5.41, 5.74) is 0.776. The Balaban J connectivity index is 1.96. The number of benzene rings is 1. The third kappa shape index (κ3) is 3.82. The monoisotopic (exact) mass is 398 g/mol. The Morgan fingerprint density at radius 3 is 2.50 bits per heavy atom. The molecule has 0 aliphatic rings. The molecule has 7 nitrogen and oxygen atoms in total. The standard InChI is InChI=1S/C20H22N4O3S/c1-11-14-18(21-10-24(5)19(14)27)28-15(11)17(26)22-13-9-7-6-8-12(13)16(25)23-20(2,3)4/h6-10H,1-5H3,(H,22,26)(H,23,25). The maximum absolute atomic E-state index is 12.9. The number of thiophene rings is 1. The number of nitrogens with zero attached hydrogens (tertiary/aromatic N) is 2. The van der Waals surface area contributed by atoms with Crippen LogP contribution in [0.15, 0.2) is 35.4 Å². The number of nitrogens with one attached hydrogen (secondary N) is 2. The minimum atomic E-state index is -0.401. The SMILES string of the molecule is Cc1c(C(=O)Nc2ccccc2C(=O)NC(C)(C)C)sc2ncn(C)c(=O)c12. The molecule has 3 rings (SSSR count). The summed E-state index contributed by atoms with van der Waals surface area (Å²) >= 11 is 1.16. The van der Waals surface area contributed by atoms with Gasteiger partial charge in [-0.05, 0) is 45.4 Å². The van der Waals surface area contributed by atoms with Crippen LogP contribution in [-0.4, -0.2) is 26.9 Å². The molecule has 0 saturated heterocycles. The van der Waals surface area contributed by atoms with E-state index >= 15 is 0 Å². The molecule has 0 aliphatic carbocycles. The van der Waals surface area contributed by atoms with Crippen molar-refractivity contribution in [3.63, 3.8) is 0 Å². The van der Waals surface area contributed by atoms with E-state index in [-0.39, 0.29) is 17.4 Å². The van der Waals surface area contributed by atoms with Crippen molar-refractivity contribution in [1.82, 2.24) is 14.9 Å². The second kappa shape index (κ2) is 7.20. The molecule has 1 aromatic carbocycles. The summed E-state index contributed by atoms with van der Waals surface area (Å²) in [5, 5.41) is 6.14. The molecule has 8 heteroatoms. The summed E-state index contributed by atoms with van der Waals surface area (Å²) in [6, 6.07) is 6.82. The van der Waals surface area contributed by atoms with E-state index in [1.54, 1.807) is 38.2 Å². The van der Waals surface area contributed by atoms with Gasteiger partial charge in [-0.15, -0.1) is 11.3 Å². The molecule has 2 N–H and O–H groups in total. The maximum Gasteiger partial charge on any atom is 0.266 e. The van der Waals surface area contributed by atoms with Crippen molar-refractivity contribution >= 4 is 39.1 Å². The number of amides is 2. The normalized spacial score (nSPS) is 11.5. The van der Waals surface area contributed by atoms with E-state index in [0.717, 1.165) is 11.3 Å². The van der Waals surface area contributed by atoms with Gasteiger partial charge in [-0.25, -0.2) is 4.98 Å². The number of hydrogen-bond donors (Lipinski definition) is 2. The van der Waals surface area contributed by atoms with Crippen molar-refractivity contribution in [2.24, 2.45) is 7.05 Å². The first-order valence-electron chi connectivity index (χ1n) is 8.76. The lowest BCUT2D eigenvalue weighted by Gasteiger charge is -2.21. The first kappa shape index (κ1) is 19.8. The van der Waals surface area contributed by atoms with E-state index < -0.39 is 5.54 Å². The highest BCUT2D eigenvalue weighted by Gasteiger charge is 2.22. The fourth-order valence-corrected chi connectivity index (χ4v) is 3.84. The van der Waals surface area contributed by atoms with Gasteiger partial charge in [0, 0.05) is 12.6 Å². The van der Waals surface area contributed by atoms with Gasteiger partial charge in [-0.3, -0.25) is 14.4 Å². The predicted octanol–water partition coefficient (Wildman–Crippen LogP) is 3.08. The number of carbonyl (C=O) groups excluding carboxylic acids is 2. The van der Waals surface area contributed by atoms with Crippen molar-refractivity contribution in [2.45, 2.75) is 33.2 Å². The molecule has 28 heavy (non-hydrogen) atoms. The average Bonchev–Trinajstić information content (AvgIpc) is 2.94. The van der Waals surface area contributed by atoms with Crippen LogP contribution in [0.3, 0.4) is 0 Å². The highest BCUT2D eigenvalue weighted by Crippen LogP contribution is 2.28. The van der Waals surface area contributed by atoms with Gasteiger partial charge >= 0.3 is 0 Å². The summed E-state index contributed by atoms with van der Waals surface area (Å²) in [6.45, 7) is 7.40. The quantitative estimate of drug-likeness (QED) is 0.709. The molecule has 0 saturated carbocycles. The number of hydrogen-bond acceptors (Lipinski definition) is 5. The van der Waals surface area contributed by atoms with Crippen molar-refractivity contribution in [1.29, 1.82) is 0 Å². The van der Waals surface area contributed by atoms with Crippen LogP contribution < -0.4 is 16.2 Å². The smallest absolute Gasteiger partial charge is 0.266 e. The second-order valence-electron chi connectivity index (χ2n) is 7.60. The summed E-state index contributed by atoms with van der Waals surface area (Å²) < 4.78 is 1.38. The fourth-order valence-electron chi connectivity index (χ4n) is 2.80. The van der Waals surface area contributed by atoms with E-state index in [9.17, 15) is 14.4 Å². The molecule has 0 spiro atoms. The molecule has 2 aromatic heterocycles. The Kier molecular flexibility index (Phi) is 5.08. The molecule has 0 radical (unpaired) electrons. The average molecular weight is 398 g/mol. The summed E-state index contributed by atoms with van der Waals surface area (Å²) in [4.78, 5) is 43.0. The van der Waals surface area contributed by atoms with Gasteiger partial charge in [0.2, 0.25) is 0 Å². The van der Waals surface area contributed by atoms with Crippen LogP contribution in [0.2, 0.25) is 0 Å². The molecule has 0 atom stereocenters. The zero-order valence-electron chi connectivity index (χ0n) is 16.4. The van der Waals surface area contributed by atoms with Crippen LogP contribution in [0.5, 0.6) is 0 Å². The Labute approximate surface area is 166 Å². The molecular formula is C20H22N4O3S. The number of carbonyl (C=O) groups is 2. The van der Waals surface area contributed by atoms with Gasteiger partial charge < -0.3 is 15.2 Å². The number of aryl methyl sites for hydroxylation is 2. The van der Waals surface area contributed by atoms with Gasteiger partial charge in [0.05, 0.1) is 27.8 Å². The maximum atomic E-state index is 12.9. The largest absolute Gasteiger partial charge is 0.347 e. The van der Waals surface area contributed by atoms with Crippen LogP contribution >= 0.6 is 11.3 Å². The highest BCUT2D eigenvalue weighted by atomic mass is 32.1. The Morgan fingerprint density at radius 1 is 1.14 bits per heavy atom. The number of rotatable bonds is 3. The zero-order chi connectivity index (χ0) is 20.6. The van der Waals surface area contributed by atoms with Crippen LogP contribution in [-0.2, 0) is 7.05 Å². The van der Waals surface area contributed by atoms with Crippen LogP contribution in [0, 0.1) is 6.92 Å². The van der Waals surface area contributed by atoms with Gasteiger partial charge in [0.25, 0.3) is 17.4 Å². The van der Waals surface area contributed by atoms with E-state index in [2.05, 4.69) is 15.6 Å². The summed E-state index contributed by atoms with van der Waals surface area (Å²) in [7, 11) is 1.62. The first-order valence-corrected chi connectivity index (χ1v) is 9.58. The van der Waals surface area contributed by atoms with Crippen LogP contribution in [0.4, 0.5) is 5.69 Å². The molecule has 2 amide bonds. The summed E-state index contributed by atoms with van der Waals surface area (Å²) in [5.74, 6) is -0.648. The van der Waals surface area contributed by atoms with E-state index in [0.29, 0.717) is 31.9 Å². The molecular weight excluding hydrogens is 376 g/mol. The highest BCUT2D eigenvalue weighted by molar-refractivity contribution is 7.20.